The maximum absolute atomic E-state index is 11.1. The highest BCUT2D eigenvalue weighted by atomic mass is 16.6. The fourth-order valence-electron chi connectivity index (χ4n) is 1.80. The summed E-state index contributed by atoms with van der Waals surface area (Å²) in [5, 5.41) is 10.3. The quantitative estimate of drug-likeness (QED) is 0.540. The van der Waals surface area contributed by atoms with Crippen LogP contribution >= 0.6 is 0 Å². The van der Waals surface area contributed by atoms with Gasteiger partial charge in [-0.15, -0.1) is 0 Å². The van der Waals surface area contributed by atoms with Crippen LogP contribution < -0.4 is 0 Å². The Labute approximate surface area is 124 Å². The highest BCUT2D eigenvalue weighted by molar-refractivity contribution is 5.66. The Morgan fingerprint density at radius 3 is 1.95 bits per heavy atom. The minimum atomic E-state index is -1.18. The Morgan fingerprint density at radius 2 is 1.57 bits per heavy atom. The van der Waals surface area contributed by atoms with Gasteiger partial charge in [0, 0.05) is 35.2 Å². The molecule has 0 rings (SSSR count). The average molecular weight is 308 g/mol. The number of hydrogen-bond acceptors (Lipinski definition) is 8. The topological polar surface area (TPSA) is 101 Å². The molecule has 0 amide bonds. The Balaban J connectivity index is 4.90. The molecule has 0 saturated carbocycles. The van der Waals surface area contributed by atoms with E-state index >= 15 is 0 Å². The smallest absolute Gasteiger partial charge is 0.303 e. The van der Waals surface area contributed by atoms with E-state index in [2.05, 4.69) is 0 Å². The molecule has 0 aliphatic carbocycles. The van der Waals surface area contributed by atoms with Gasteiger partial charge in [-0.25, -0.2) is 0 Å². The number of carbonyl (C=O) groups is 2. The van der Waals surface area contributed by atoms with Crippen molar-refractivity contribution >= 4 is 11.9 Å². The van der Waals surface area contributed by atoms with Crippen LogP contribution in [-0.2, 0) is 33.3 Å². The van der Waals surface area contributed by atoms with E-state index in [1.807, 2.05) is 0 Å². The van der Waals surface area contributed by atoms with Crippen molar-refractivity contribution in [3.8, 4) is 0 Å². The Kier molecular flexibility index (Phi) is 9.89. The van der Waals surface area contributed by atoms with E-state index < -0.39 is 36.4 Å². The van der Waals surface area contributed by atoms with Gasteiger partial charge in [-0.2, -0.15) is 0 Å². The summed E-state index contributed by atoms with van der Waals surface area (Å²) in [5.74, 6) is -1.02. The number of aliphatic hydroxyl groups excluding tert-OH is 1. The predicted octanol–water partition coefficient (Wildman–Crippen LogP) is -0.481. The van der Waals surface area contributed by atoms with Crippen molar-refractivity contribution in [1.82, 2.24) is 0 Å². The van der Waals surface area contributed by atoms with Gasteiger partial charge >= 0.3 is 11.9 Å². The summed E-state index contributed by atoms with van der Waals surface area (Å²) >= 11 is 0. The van der Waals surface area contributed by atoms with Gasteiger partial charge in [-0.1, -0.05) is 0 Å². The summed E-state index contributed by atoms with van der Waals surface area (Å²) in [4.78, 5) is 21.9. The van der Waals surface area contributed by atoms with Crippen molar-refractivity contribution in [1.29, 1.82) is 0 Å². The average Bonchev–Trinajstić information content (AvgIpc) is 2.39. The largest absolute Gasteiger partial charge is 0.463 e. The van der Waals surface area contributed by atoms with Gasteiger partial charge in [0.25, 0.3) is 0 Å². The number of rotatable bonds is 10. The molecule has 0 heterocycles. The summed E-state index contributed by atoms with van der Waals surface area (Å²) in [6.45, 7) is 2.39. The first-order chi connectivity index (χ1) is 9.87. The normalized spacial score (nSPS) is 16.7. The number of aliphatic hydroxyl groups is 1. The predicted molar refractivity (Wildman–Crippen MR) is 71.7 cm³/mol. The van der Waals surface area contributed by atoms with Crippen molar-refractivity contribution in [2.45, 2.75) is 38.3 Å². The number of esters is 2. The Morgan fingerprint density at radius 1 is 0.952 bits per heavy atom. The molecular formula is C13H24O8. The molecule has 4 atom stereocenters. The molecule has 0 saturated heterocycles. The molecule has 0 aliphatic rings. The van der Waals surface area contributed by atoms with Crippen LogP contribution in [0.4, 0.5) is 0 Å². The summed E-state index contributed by atoms with van der Waals surface area (Å²) in [6, 6.07) is 0. The lowest BCUT2D eigenvalue weighted by molar-refractivity contribution is -0.179. The van der Waals surface area contributed by atoms with Gasteiger partial charge in [0.1, 0.15) is 24.9 Å². The molecule has 0 aromatic carbocycles. The molecule has 0 aromatic heterocycles. The second-order valence-electron chi connectivity index (χ2n) is 4.37. The first-order valence-electron chi connectivity index (χ1n) is 6.40. The fourth-order valence-corrected chi connectivity index (χ4v) is 1.80. The zero-order valence-electron chi connectivity index (χ0n) is 13.0. The SMILES string of the molecule is COC[C@@H](OC(C)=O)[C@H](OC)[C@H](O)[C@H](COC(C)=O)OC. The van der Waals surface area contributed by atoms with E-state index in [4.69, 9.17) is 23.7 Å². The highest BCUT2D eigenvalue weighted by Crippen LogP contribution is 2.15. The molecule has 0 radical (unpaired) electrons. The van der Waals surface area contributed by atoms with Gasteiger partial charge in [0.2, 0.25) is 0 Å². The van der Waals surface area contributed by atoms with Crippen LogP contribution in [0.1, 0.15) is 13.8 Å². The third-order valence-electron chi connectivity index (χ3n) is 2.76. The van der Waals surface area contributed by atoms with Gasteiger partial charge in [-0.05, 0) is 0 Å². The second kappa shape index (κ2) is 10.5. The van der Waals surface area contributed by atoms with Crippen LogP contribution in [-0.4, -0.2) is 76.0 Å². The Hall–Kier alpha value is -1.22. The zero-order valence-corrected chi connectivity index (χ0v) is 13.0. The lowest BCUT2D eigenvalue weighted by atomic mass is 10.0. The monoisotopic (exact) mass is 308 g/mol. The molecule has 0 unspecified atom stereocenters. The number of carbonyl (C=O) groups excluding carboxylic acids is 2. The molecule has 0 aliphatic heterocycles. The Bertz CT molecular complexity index is 319. The van der Waals surface area contributed by atoms with Crippen LogP contribution in [0.2, 0.25) is 0 Å². The van der Waals surface area contributed by atoms with E-state index in [-0.39, 0.29) is 13.2 Å². The molecule has 21 heavy (non-hydrogen) atoms. The fraction of sp³-hybridized carbons (Fsp3) is 0.846. The van der Waals surface area contributed by atoms with E-state index in [0.717, 1.165) is 0 Å². The molecule has 0 aromatic rings. The lowest BCUT2D eigenvalue weighted by Crippen LogP contribution is -2.50. The molecule has 0 fully saturated rings. The van der Waals surface area contributed by atoms with Crippen molar-refractivity contribution < 1.29 is 38.4 Å². The van der Waals surface area contributed by atoms with E-state index in [1.54, 1.807) is 0 Å². The minimum Gasteiger partial charge on any atom is -0.463 e. The maximum atomic E-state index is 11.1. The van der Waals surface area contributed by atoms with Gasteiger partial charge in [-0.3, -0.25) is 9.59 Å². The molecular weight excluding hydrogens is 284 g/mol. The first kappa shape index (κ1) is 19.8. The van der Waals surface area contributed by atoms with E-state index in [9.17, 15) is 14.7 Å². The van der Waals surface area contributed by atoms with Crippen LogP contribution in [0.5, 0.6) is 0 Å². The highest BCUT2D eigenvalue weighted by Gasteiger charge is 2.36. The standard InChI is InChI=1S/C13H24O8/c1-8(14)20-7-10(18-4)12(16)13(19-5)11(6-17-3)21-9(2)15/h10-13,16H,6-7H2,1-5H3/t10-,11+,12+,13-/m0/s1. The summed E-state index contributed by atoms with van der Waals surface area (Å²) in [5.41, 5.74) is 0. The van der Waals surface area contributed by atoms with Crippen LogP contribution in [0.3, 0.4) is 0 Å². The maximum Gasteiger partial charge on any atom is 0.303 e. The molecule has 0 bridgehead atoms. The third kappa shape index (κ3) is 7.37. The van der Waals surface area contributed by atoms with Crippen molar-refractivity contribution in [2.75, 3.05) is 34.5 Å². The second-order valence-corrected chi connectivity index (χ2v) is 4.37. The van der Waals surface area contributed by atoms with E-state index in [1.165, 1.54) is 35.2 Å². The molecule has 124 valence electrons. The number of methoxy groups -OCH3 is 3. The van der Waals surface area contributed by atoms with Crippen molar-refractivity contribution in [3.05, 3.63) is 0 Å². The molecule has 0 spiro atoms. The third-order valence-corrected chi connectivity index (χ3v) is 2.76. The number of ether oxygens (including phenoxy) is 5. The van der Waals surface area contributed by atoms with Crippen molar-refractivity contribution in [2.24, 2.45) is 0 Å². The van der Waals surface area contributed by atoms with E-state index in [0.29, 0.717) is 0 Å². The summed E-state index contributed by atoms with van der Waals surface area (Å²) in [6.07, 6.45) is -3.72. The molecule has 8 nitrogen and oxygen atoms in total. The minimum absolute atomic E-state index is 0.0408. The van der Waals surface area contributed by atoms with Gasteiger partial charge in [0.15, 0.2) is 6.10 Å². The summed E-state index contributed by atoms with van der Waals surface area (Å²) in [7, 11) is 4.15. The van der Waals surface area contributed by atoms with Crippen molar-refractivity contribution in [3.63, 3.8) is 0 Å². The molecule has 8 heteroatoms. The first-order valence-corrected chi connectivity index (χ1v) is 6.40. The molecule has 1 N–H and O–H groups in total. The summed E-state index contributed by atoms with van der Waals surface area (Å²) < 4.78 is 25.1. The van der Waals surface area contributed by atoms with Gasteiger partial charge in [0.05, 0.1) is 6.61 Å². The van der Waals surface area contributed by atoms with Crippen LogP contribution in [0.25, 0.3) is 0 Å². The van der Waals surface area contributed by atoms with Crippen LogP contribution in [0.15, 0.2) is 0 Å². The van der Waals surface area contributed by atoms with Gasteiger partial charge < -0.3 is 28.8 Å². The van der Waals surface area contributed by atoms with Crippen LogP contribution in [0, 0.1) is 0 Å². The zero-order chi connectivity index (χ0) is 16.4. The lowest BCUT2D eigenvalue weighted by Gasteiger charge is -2.32. The number of hydrogen-bond donors (Lipinski definition) is 1.